The number of benzene rings is 1. The van der Waals surface area contributed by atoms with Crippen LogP contribution < -0.4 is 4.74 Å². The fourth-order valence-electron chi connectivity index (χ4n) is 0.652. The van der Waals surface area contributed by atoms with Crippen molar-refractivity contribution in [3.63, 3.8) is 0 Å². The van der Waals surface area contributed by atoms with Crippen molar-refractivity contribution in [3.05, 3.63) is 29.3 Å². The van der Waals surface area contributed by atoms with Crippen LogP contribution in [-0.2, 0) is 0 Å². The highest BCUT2D eigenvalue weighted by atomic mass is 35.5. The molecule has 0 saturated carbocycles. The number of halogens is 4. The maximum atomic E-state index is 11.6. The Labute approximate surface area is 71.7 Å². The van der Waals surface area contributed by atoms with Crippen molar-refractivity contribution in [3.8, 4) is 5.75 Å². The smallest absolute Gasteiger partial charge is 0.404 e. The molecule has 1 rings (SSSR count). The Morgan fingerprint density at radius 3 is 2.25 bits per heavy atom. The summed E-state index contributed by atoms with van der Waals surface area (Å²) in [5.41, 5.74) is 0. The summed E-state index contributed by atoms with van der Waals surface area (Å²) in [5.74, 6) is -0.383. The van der Waals surface area contributed by atoms with E-state index in [4.69, 9.17) is 11.6 Å². The number of ether oxygens (including phenoxy) is 1. The molecule has 12 heavy (non-hydrogen) atoms. The molecule has 1 aromatic carbocycles. The summed E-state index contributed by atoms with van der Waals surface area (Å²) in [6.45, 7) is 0. The lowest BCUT2D eigenvalue weighted by molar-refractivity contribution is -0.274. The van der Waals surface area contributed by atoms with Gasteiger partial charge in [0.2, 0.25) is 0 Å². The van der Waals surface area contributed by atoms with Gasteiger partial charge in [0.15, 0.2) is 0 Å². The van der Waals surface area contributed by atoms with E-state index in [0.29, 0.717) is 0 Å². The minimum atomic E-state index is -4.69. The number of para-hydroxylation sites is 1. The standard InChI is InChI=1S/C7H4ClF3O/c8-5-3-1-2-4-6(5)12-7(9,10)11/h1-4H. The van der Waals surface area contributed by atoms with Crippen molar-refractivity contribution in [2.24, 2.45) is 0 Å². The van der Waals surface area contributed by atoms with Gasteiger partial charge in [-0.2, -0.15) is 0 Å². The molecule has 1 nitrogen and oxygen atoms in total. The lowest BCUT2D eigenvalue weighted by Crippen LogP contribution is -2.17. The van der Waals surface area contributed by atoms with E-state index >= 15 is 0 Å². The summed E-state index contributed by atoms with van der Waals surface area (Å²) in [5, 5.41) is -0.0603. The zero-order valence-corrected chi connectivity index (χ0v) is 6.49. The third-order valence-electron chi connectivity index (χ3n) is 1.06. The molecule has 0 heterocycles. The highest BCUT2D eigenvalue weighted by Gasteiger charge is 2.31. The van der Waals surface area contributed by atoms with Crippen LogP contribution in [0.25, 0.3) is 0 Å². The number of hydrogen-bond acceptors (Lipinski definition) is 1. The molecule has 0 amide bonds. The van der Waals surface area contributed by atoms with Gasteiger partial charge >= 0.3 is 6.36 Å². The SMILES string of the molecule is FC(F)(F)Oc1ccccc1Cl. The Balaban J connectivity index is 2.83. The topological polar surface area (TPSA) is 9.23 Å². The average molecular weight is 197 g/mol. The zero-order chi connectivity index (χ0) is 9.19. The van der Waals surface area contributed by atoms with E-state index in [1.165, 1.54) is 18.2 Å². The molecule has 0 bridgehead atoms. The van der Waals surface area contributed by atoms with Crippen LogP contribution in [0.1, 0.15) is 0 Å². The Morgan fingerprint density at radius 2 is 1.75 bits per heavy atom. The van der Waals surface area contributed by atoms with Crippen LogP contribution in [-0.4, -0.2) is 6.36 Å². The van der Waals surface area contributed by atoms with Crippen LogP contribution in [0.5, 0.6) is 5.75 Å². The average Bonchev–Trinajstić information content (AvgIpc) is 1.91. The number of rotatable bonds is 1. The molecule has 0 saturated heterocycles. The molecule has 0 spiro atoms. The van der Waals surface area contributed by atoms with E-state index in [0.717, 1.165) is 6.07 Å². The first kappa shape index (κ1) is 9.19. The molecule has 1 aromatic rings. The highest BCUT2D eigenvalue weighted by Crippen LogP contribution is 2.29. The Bertz CT molecular complexity index is 272. The van der Waals surface area contributed by atoms with Gasteiger partial charge in [0.1, 0.15) is 5.75 Å². The molecule has 0 radical (unpaired) electrons. The lowest BCUT2D eigenvalue weighted by atomic mass is 10.3. The summed E-state index contributed by atoms with van der Waals surface area (Å²) in [4.78, 5) is 0. The highest BCUT2D eigenvalue weighted by molar-refractivity contribution is 6.32. The van der Waals surface area contributed by atoms with Crippen LogP contribution in [0, 0.1) is 0 Å². The lowest BCUT2D eigenvalue weighted by Gasteiger charge is -2.09. The monoisotopic (exact) mass is 196 g/mol. The van der Waals surface area contributed by atoms with Crippen molar-refractivity contribution in [2.75, 3.05) is 0 Å². The largest absolute Gasteiger partial charge is 0.573 e. The van der Waals surface area contributed by atoms with Crippen LogP contribution in [0.4, 0.5) is 13.2 Å². The summed E-state index contributed by atoms with van der Waals surface area (Å²) >= 11 is 5.41. The van der Waals surface area contributed by atoms with Crippen molar-refractivity contribution in [1.29, 1.82) is 0 Å². The van der Waals surface area contributed by atoms with E-state index in [9.17, 15) is 13.2 Å². The molecule has 0 aromatic heterocycles. The van der Waals surface area contributed by atoms with Crippen LogP contribution in [0.2, 0.25) is 5.02 Å². The summed E-state index contributed by atoms with van der Waals surface area (Å²) < 4.78 is 38.5. The summed E-state index contributed by atoms with van der Waals surface area (Å²) in [7, 11) is 0. The fourth-order valence-corrected chi connectivity index (χ4v) is 0.826. The zero-order valence-electron chi connectivity index (χ0n) is 5.73. The normalized spacial score (nSPS) is 11.3. The van der Waals surface area contributed by atoms with Gasteiger partial charge in [-0.15, -0.1) is 13.2 Å². The van der Waals surface area contributed by atoms with Crippen molar-refractivity contribution in [2.45, 2.75) is 6.36 Å². The van der Waals surface area contributed by atoms with Gasteiger partial charge in [-0.05, 0) is 12.1 Å². The third-order valence-corrected chi connectivity index (χ3v) is 1.37. The molecular weight excluding hydrogens is 193 g/mol. The van der Waals surface area contributed by atoms with Gasteiger partial charge in [-0.3, -0.25) is 0 Å². The third kappa shape index (κ3) is 2.62. The molecule has 0 aliphatic rings. The number of hydrogen-bond donors (Lipinski definition) is 0. The quantitative estimate of drug-likeness (QED) is 0.670. The fraction of sp³-hybridized carbons (Fsp3) is 0.143. The Morgan fingerprint density at radius 1 is 1.17 bits per heavy atom. The summed E-state index contributed by atoms with van der Waals surface area (Å²) in [6, 6.07) is 5.40. The molecule has 0 aliphatic heterocycles. The van der Waals surface area contributed by atoms with Gasteiger partial charge < -0.3 is 4.74 Å². The minimum absolute atomic E-state index is 0.0603. The van der Waals surface area contributed by atoms with Gasteiger partial charge in [0, 0.05) is 0 Å². The second-order valence-electron chi connectivity index (χ2n) is 1.98. The molecule has 0 aliphatic carbocycles. The number of alkyl halides is 3. The predicted octanol–water partition coefficient (Wildman–Crippen LogP) is 3.24. The van der Waals surface area contributed by atoms with E-state index < -0.39 is 6.36 Å². The summed E-state index contributed by atoms with van der Waals surface area (Å²) in [6.07, 6.45) is -4.69. The van der Waals surface area contributed by atoms with Crippen LogP contribution >= 0.6 is 11.6 Å². The van der Waals surface area contributed by atoms with Crippen molar-refractivity contribution < 1.29 is 17.9 Å². The second kappa shape index (κ2) is 3.23. The first-order valence-electron chi connectivity index (χ1n) is 2.99. The molecule has 66 valence electrons. The first-order valence-corrected chi connectivity index (χ1v) is 3.37. The Hall–Kier alpha value is -0.900. The molecule has 0 unspecified atom stereocenters. The van der Waals surface area contributed by atoms with Gasteiger partial charge in [-0.25, -0.2) is 0 Å². The Kier molecular flexibility index (Phi) is 2.47. The van der Waals surface area contributed by atoms with Gasteiger partial charge in [-0.1, -0.05) is 23.7 Å². The van der Waals surface area contributed by atoms with E-state index in [-0.39, 0.29) is 10.8 Å². The van der Waals surface area contributed by atoms with Crippen LogP contribution in [0.3, 0.4) is 0 Å². The maximum absolute atomic E-state index is 11.6. The molecule has 0 N–H and O–H groups in total. The van der Waals surface area contributed by atoms with Crippen LogP contribution in [0.15, 0.2) is 24.3 Å². The predicted molar refractivity (Wildman–Crippen MR) is 38.1 cm³/mol. The minimum Gasteiger partial charge on any atom is -0.404 e. The molecule has 5 heteroatoms. The van der Waals surface area contributed by atoms with E-state index in [2.05, 4.69) is 4.74 Å². The molecule has 0 atom stereocenters. The van der Waals surface area contributed by atoms with Crippen molar-refractivity contribution >= 4 is 11.6 Å². The van der Waals surface area contributed by atoms with E-state index in [1.807, 2.05) is 0 Å². The van der Waals surface area contributed by atoms with Crippen molar-refractivity contribution in [1.82, 2.24) is 0 Å². The molecular formula is C7H4ClF3O. The second-order valence-corrected chi connectivity index (χ2v) is 2.39. The maximum Gasteiger partial charge on any atom is 0.573 e. The first-order chi connectivity index (χ1) is 5.49. The van der Waals surface area contributed by atoms with E-state index in [1.54, 1.807) is 0 Å². The van der Waals surface area contributed by atoms with Gasteiger partial charge in [0.05, 0.1) is 5.02 Å². The molecule has 0 fully saturated rings. The van der Waals surface area contributed by atoms with Gasteiger partial charge in [0.25, 0.3) is 0 Å².